The van der Waals surface area contributed by atoms with E-state index >= 15 is 0 Å². The largest absolute Gasteiger partial charge is 0.477 e. The lowest BCUT2D eigenvalue weighted by Crippen LogP contribution is -2.09. The maximum Gasteiger partial charge on any atom is 0.353 e. The van der Waals surface area contributed by atoms with Crippen LogP contribution in [-0.2, 0) is 26.4 Å². The summed E-state index contributed by atoms with van der Waals surface area (Å²) in [4.78, 5) is 26.6. The Morgan fingerprint density at radius 2 is 1.73 bits per heavy atom. The van der Waals surface area contributed by atoms with Crippen LogP contribution in [0.15, 0.2) is 12.1 Å². The lowest BCUT2D eigenvalue weighted by molar-refractivity contribution is 0.0686. The highest BCUT2D eigenvalue weighted by molar-refractivity contribution is 6.10. The molecule has 0 aliphatic carbocycles. The van der Waals surface area contributed by atoms with Crippen LogP contribution in [0.5, 0.6) is 0 Å². The fourth-order valence-electron chi connectivity index (χ4n) is 3.17. The summed E-state index contributed by atoms with van der Waals surface area (Å²) < 4.78 is 0. The summed E-state index contributed by atoms with van der Waals surface area (Å²) in [6.45, 7) is 0.370. The first-order valence-electron chi connectivity index (χ1n) is 8.01. The summed E-state index contributed by atoms with van der Waals surface area (Å²) in [5.41, 5.74) is 2.22. The second-order valence-electron chi connectivity index (χ2n) is 5.82. The van der Waals surface area contributed by atoms with Gasteiger partial charge in [0.1, 0.15) is 5.69 Å². The van der Waals surface area contributed by atoms with E-state index in [1.54, 1.807) is 19.2 Å². The molecule has 6 N–H and O–H groups in total. The van der Waals surface area contributed by atoms with Gasteiger partial charge in [0.15, 0.2) is 5.78 Å². The van der Waals surface area contributed by atoms with Gasteiger partial charge in [-0.25, -0.2) is 4.79 Å². The Labute approximate surface area is 150 Å². The molecular weight excluding hydrogens is 340 g/mol. The number of hydrogen-bond donors (Lipinski definition) is 6. The Bertz CT molecular complexity index is 841. The van der Waals surface area contributed by atoms with Crippen LogP contribution in [0.4, 0.5) is 0 Å². The number of benzene rings is 1. The summed E-state index contributed by atoms with van der Waals surface area (Å²) in [6.07, 6.45) is 0. The normalized spacial score (nSPS) is 11.0. The zero-order valence-electron chi connectivity index (χ0n) is 14.6. The van der Waals surface area contributed by atoms with Gasteiger partial charge in [0.05, 0.1) is 25.4 Å². The Balaban J connectivity index is 2.91. The number of Topliss-reactive ketones (excluding diaryl/α,β-unsaturated/α-hetero) is 1. The number of carbonyl (C=O) groups excluding carboxylic acids is 1. The Morgan fingerprint density at radius 1 is 1.08 bits per heavy atom. The van der Waals surface area contributed by atoms with E-state index in [1.807, 2.05) is 0 Å². The second-order valence-corrected chi connectivity index (χ2v) is 5.82. The molecule has 8 heteroatoms. The topological polar surface area (TPSA) is 143 Å². The summed E-state index contributed by atoms with van der Waals surface area (Å²) in [7, 11) is 1.68. The van der Waals surface area contributed by atoms with Gasteiger partial charge in [-0.1, -0.05) is 12.1 Å². The molecule has 0 amide bonds. The molecule has 0 radical (unpaired) electrons. The quantitative estimate of drug-likeness (QED) is 0.381. The number of ketones is 1. The Hall–Kier alpha value is -2.52. The van der Waals surface area contributed by atoms with Gasteiger partial charge in [-0.2, -0.15) is 0 Å². The molecule has 0 saturated heterocycles. The van der Waals surface area contributed by atoms with E-state index in [4.69, 9.17) is 0 Å². The number of H-pyrrole nitrogens is 1. The van der Waals surface area contributed by atoms with Crippen LogP contribution >= 0.6 is 0 Å². The fourth-order valence-corrected chi connectivity index (χ4v) is 3.17. The molecule has 1 aromatic carbocycles. The van der Waals surface area contributed by atoms with Gasteiger partial charge in [0, 0.05) is 17.8 Å². The van der Waals surface area contributed by atoms with Crippen LogP contribution < -0.4 is 5.32 Å². The maximum atomic E-state index is 12.2. The van der Waals surface area contributed by atoms with Crippen molar-refractivity contribution in [3.8, 4) is 11.1 Å². The van der Waals surface area contributed by atoms with Crippen LogP contribution in [0.25, 0.3) is 11.1 Å². The number of carboxylic acids is 1. The molecular formula is C18H22N2O6. The van der Waals surface area contributed by atoms with Gasteiger partial charge < -0.3 is 30.7 Å². The summed E-state index contributed by atoms with van der Waals surface area (Å²) in [6, 6.07) is 3.19. The number of aliphatic hydroxyl groups excluding tert-OH is 3. The minimum absolute atomic E-state index is 0.0121. The molecule has 8 nitrogen and oxygen atoms in total. The Morgan fingerprint density at radius 3 is 2.19 bits per heavy atom. The predicted molar refractivity (Wildman–Crippen MR) is 93.7 cm³/mol. The first kappa shape index (κ1) is 19.8. The van der Waals surface area contributed by atoms with Crippen molar-refractivity contribution in [2.45, 2.75) is 33.3 Å². The van der Waals surface area contributed by atoms with Crippen LogP contribution in [0.3, 0.4) is 0 Å². The number of carboxylic acid groups (broad SMARTS) is 1. The first-order chi connectivity index (χ1) is 12.4. The average Bonchev–Trinajstić information content (AvgIpc) is 3.00. The number of rotatable bonds is 8. The molecule has 26 heavy (non-hydrogen) atoms. The van der Waals surface area contributed by atoms with E-state index in [9.17, 15) is 30.0 Å². The molecule has 0 aliphatic rings. The number of aromatic nitrogens is 1. The lowest BCUT2D eigenvalue weighted by atomic mass is 9.89. The van der Waals surface area contributed by atoms with E-state index in [2.05, 4.69) is 10.3 Å². The van der Waals surface area contributed by atoms with Gasteiger partial charge in [-0.05, 0) is 36.2 Å². The van der Waals surface area contributed by atoms with Crippen LogP contribution in [0.2, 0.25) is 0 Å². The van der Waals surface area contributed by atoms with E-state index in [-0.39, 0.29) is 24.4 Å². The minimum atomic E-state index is -1.27. The summed E-state index contributed by atoms with van der Waals surface area (Å²) in [5.74, 6) is -1.70. The molecule has 2 aromatic rings. The van der Waals surface area contributed by atoms with Crippen LogP contribution in [0.1, 0.15) is 50.2 Å². The fraction of sp³-hybridized carbons (Fsp3) is 0.333. The van der Waals surface area contributed by atoms with Gasteiger partial charge in [0.25, 0.3) is 0 Å². The lowest BCUT2D eigenvalue weighted by Gasteiger charge is -2.17. The van der Waals surface area contributed by atoms with Gasteiger partial charge in [-0.3, -0.25) is 4.79 Å². The monoisotopic (exact) mass is 362 g/mol. The highest BCUT2D eigenvalue weighted by Gasteiger charge is 2.27. The van der Waals surface area contributed by atoms with Crippen molar-refractivity contribution in [2.75, 3.05) is 7.05 Å². The summed E-state index contributed by atoms with van der Waals surface area (Å²) in [5, 5.41) is 41.3. The summed E-state index contributed by atoms with van der Waals surface area (Å²) >= 11 is 0. The SMILES string of the molecule is CNCc1[nH]c(C(=O)O)c(C(C)=O)c1-c1ccc(CO)c(CO)c1CO. The molecule has 0 fully saturated rings. The zero-order chi connectivity index (χ0) is 19.4. The zero-order valence-corrected chi connectivity index (χ0v) is 14.6. The number of aromatic amines is 1. The molecule has 0 bridgehead atoms. The molecule has 1 heterocycles. The number of aliphatic hydroxyl groups is 3. The molecule has 0 aliphatic heterocycles. The molecule has 0 atom stereocenters. The predicted octanol–water partition coefficient (Wildman–Crippen LogP) is 0.779. The van der Waals surface area contributed by atoms with Gasteiger partial charge in [-0.15, -0.1) is 0 Å². The van der Waals surface area contributed by atoms with Gasteiger partial charge in [0.2, 0.25) is 0 Å². The third kappa shape index (κ3) is 3.40. The van der Waals surface area contributed by atoms with Crippen LogP contribution in [-0.4, -0.2) is 44.2 Å². The highest BCUT2D eigenvalue weighted by Crippen LogP contribution is 2.36. The number of carbonyl (C=O) groups is 2. The van der Waals surface area contributed by atoms with Crippen molar-refractivity contribution in [2.24, 2.45) is 0 Å². The van der Waals surface area contributed by atoms with Crippen molar-refractivity contribution in [1.82, 2.24) is 10.3 Å². The highest BCUT2D eigenvalue weighted by atomic mass is 16.4. The maximum absolute atomic E-state index is 12.2. The van der Waals surface area contributed by atoms with Crippen molar-refractivity contribution in [3.05, 3.63) is 45.8 Å². The van der Waals surface area contributed by atoms with Crippen molar-refractivity contribution in [1.29, 1.82) is 0 Å². The second kappa shape index (κ2) is 8.24. The Kier molecular flexibility index (Phi) is 6.27. The van der Waals surface area contributed by atoms with Gasteiger partial charge >= 0.3 is 5.97 Å². The molecule has 2 rings (SSSR count). The van der Waals surface area contributed by atoms with E-state index in [0.29, 0.717) is 33.5 Å². The van der Waals surface area contributed by atoms with E-state index < -0.39 is 25.0 Å². The minimum Gasteiger partial charge on any atom is -0.477 e. The van der Waals surface area contributed by atoms with Crippen molar-refractivity contribution < 1.29 is 30.0 Å². The molecule has 140 valence electrons. The number of aromatic carboxylic acids is 1. The number of hydrogen-bond acceptors (Lipinski definition) is 6. The molecule has 0 unspecified atom stereocenters. The third-order valence-electron chi connectivity index (χ3n) is 4.28. The molecule has 1 aromatic heterocycles. The van der Waals surface area contributed by atoms with Crippen molar-refractivity contribution in [3.63, 3.8) is 0 Å². The average molecular weight is 362 g/mol. The third-order valence-corrected chi connectivity index (χ3v) is 4.28. The molecule has 0 saturated carbocycles. The van der Waals surface area contributed by atoms with E-state index in [0.717, 1.165) is 0 Å². The molecule has 0 spiro atoms. The standard InChI is InChI=1S/C18H22N2O6/c1-9(24)15-16(14(5-19-2)20-17(15)18(25)26)11-4-3-10(6-21)12(7-22)13(11)8-23/h3-4,19-23H,5-8H2,1-2H3,(H,25,26). The first-order valence-corrected chi connectivity index (χ1v) is 8.01. The van der Waals surface area contributed by atoms with Crippen molar-refractivity contribution >= 4 is 11.8 Å². The van der Waals surface area contributed by atoms with Crippen LogP contribution in [0, 0.1) is 0 Å². The van der Waals surface area contributed by atoms with E-state index in [1.165, 1.54) is 6.92 Å². The number of nitrogens with one attached hydrogen (secondary N) is 2. The smallest absolute Gasteiger partial charge is 0.353 e.